The number of amides is 2. The van der Waals surface area contributed by atoms with Crippen LogP contribution in [-0.4, -0.2) is 30.2 Å². The molecule has 8 heteroatoms. The Kier molecular flexibility index (Phi) is 12.0. The van der Waals surface area contributed by atoms with Crippen LogP contribution in [0, 0.1) is 6.92 Å². The van der Waals surface area contributed by atoms with Crippen LogP contribution < -0.4 is 15.4 Å². The van der Waals surface area contributed by atoms with Crippen LogP contribution in [0.1, 0.15) is 62.2 Å². The molecular weight excluding hydrogens is 462 g/mol. The smallest absolute Gasteiger partial charge is 0.325 e. The number of aryl methyl sites for hydroxylation is 3. The van der Waals surface area contributed by atoms with Crippen LogP contribution in [0.4, 0.5) is 9.93 Å². The highest BCUT2D eigenvalue weighted by Crippen LogP contribution is 2.27. The maximum absolute atomic E-state index is 12.2. The van der Waals surface area contributed by atoms with Crippen molar-refractivity contribution in [1.82, 2.24) is 10.3 Å². The molecule has 0 saturated carbocycles. The lowest BCUT2D eigenvalue weighted by molar-refractivity contribution is -0.140. The third-order valence-corrected chi connectivity index (χ3v) is 6.09. The zero-order chi connectivity index (χ0) is 25.6. The molecule has 0 atom stereocenters. The van der Waals surface area contributed by atoms with Gasteiger partial charge in [0.25, 0.3) is 0 Å². The minimum Gasteiger partial charge on any atom is -0.493 e. The number of anilines is 1. The van der Waals surface area contributed by atoms with Crippen molar-refractivity contribution >= 4 is 28.5 Å². The fraction of sp³-hybridized carbons (Fsp3) is 0.444. The Bertz CT molecular complexity index is 1040. The molecule has 1 aromatic heterocycles. The molecule has 0 saturated heterocycles. The lowest BCUT2D eigenvalue weighted by atomic mass is 10.1. The number of nitrogens with zero attached hydrogens (tertiary/aromatic N) is 1. The van der Waals surface area contributed by atoms with E-state index in [4.69, 9.17) is 4.74 Å². The Morgan fingerprint density at radius 1 is 1.20 bits per heavy atom. The number of carbonyl (C=O) groups is 2. The summed E-state index contributed by atoms with van der Waals surface area (Å²) in [6, 6.07) is 6.13. The highest BCUT2D eigenvalue weighted by Gasteiger charge is 2.13. The second-order valence-corrected chi connectivity index (χ2v) is 9.18. The summed E-state index contributed by atoms with van der Waals surface area (Å²) in [7, 11) is 0. The molecule has 35 heavy (non-hydrogen) atoms. The molecule has 1 heterocycles. The van der Waals surface area contributed by atoms with Gasteiger partial charge in [0.1, 0.15) is 5.75 Å². The Labute approximate surface area is 212 Å². The number of carbonyl (C=O) groups excluding carboxylic acids is 2. The first-order chi connectivity index (χ1) is 16.9. The van der Waals surface area contributed by atoms with Crippen LogP contribution >= 0.6 is 11.3 Å². The fourth-order valence-corrected chi connectivity index (χ4v) is 4.50. The number of thiazole rings is 1. The van der Waals surface area contributed by atoms with Crippen LogP contribution in [0.5, 0.6) is 5.75 Å². The summed E-state index contributed by atoms with van der Waals surface area (Å²) in [4.78, 5) is 27.7. The molecule has 2 aromatic rings. The van der Waals surface area contributed by atoms with Gasteiger partial charge >= 0.3 is 12.0 Å². The third-order valence-electron chi connectivity index (χ3n) is 5.17. The number of aromatic nitrogens is 1. The summed E-state index contributed by atoms with van der Waals surface area (Å²) in [6.07, 6.45) is 10.9. The van der Waals surface area contributed by atoms with E-state index in [1.54, 1.807) is 6.92 Å². The van der Waals surface area contributed by atoms with E-state index < -0.39 is 0 Å². The monoisotopic (exact) mass is 499 g/mol. The van der Waals surface area contributed by atoms with Crippen molar-refractivity contribution in [3.05, 3.63) is 63.8 Å². The van der Waals surface area contributed by atoms with Crippen molar-refractivity contribution in [2.24, 2.45) is 0 Å². The average molecular weight is 500 g/mol. The molecule has 1 aromatic carbocycles. The summed E-state index contributed by atoms with van der Waals surface area (Å²) in [5.74, 6) is 0.716. The van der Waals surface area contributed by atoms with Gasteiger partial charge in [-0.2, -0.15) is 0 Å². The maximum atomic E-state index is 12.2. The second-order valence-electron chi connectivity index (χ2n) is 7.98. The topological polar surface area (TPSA) is 89.6 Å². The van der Waals surface area contributed by atoms with Gasteiger partial charge in [-0.1, -0.05) is 25.1 Å². The lowest BCUT2D eigenvalue weighted by Crippen LogP contribution is -2.27. The van der Waals surface area contributed by atoms with Crippen molar-refractivity contribution < 1.29 is 19.1 Å². The molecule has 2 N–H and O–H groups in total. The Hall–Kier alpha value is -3.13. The van der Waals surface area contributed by atoms with Crippen molar-refractivity contribution in [3.63, 3.8) is 0 Å². The number of benzene rings is 1. The Morgan fingerprint density at radius 2 is 1.97 bits per heavy atom. The largest absolute Gasteiger partial charge is 0.493 e. The Balaban J connectivity index is 0.000000641. The normalized spacial score (nSPS) is 12.5. The molecule has 0 spiro atoms. The van der Waals surface area contributed by atoms with Crippen molar-refractivity contribution in [1.29, 1.82) is 0 Å². The van der Waals surface area contributed by atoms with Crippen LogP contribution in [0.2, 0.25) is 0 Å². The zero-order valence-electron chi connectivity index (χ0n) is 21.4. The molecule has 0 aliphatic heterocycles. The predicted molar refractivity (Wildman–Crippen MR) is 142 cm³/mol. The van der Waals surface area contributed by atoms with Gasteiger partial charge in [-0.3, -0.25) is 10.1 Å². The maximum Gasteiger partial charge on any atom is 0.325 e. The molecule has 0 unspecified atom stereocenters. The fourth-order valence-electron chi connectivity index (χ4n) is 3.64. The van der Waals surface area contributed by atoms with E-state index in [0.29, 0.717) is 24.8 Å². The van der Waals surface area contributed by atoms with Gasteiger partial charge in [0.05, 0.1) is 18.9 Å². The first-order valence-electron chi connectivity index (χ1n) is 12.1. The van der Waals surface area contributed by atoms with Crippen molar-refractivity contribution in [3.8, 4) is 5.75 Å². The number of allylic oxidation sites excluding steroid dienone is 3. The van der Waals surface area contributed by atoms with E-state index in [2.05, 4.69) is 38.6 Å². The van der Waals surface area contributed by atoms with E-state index in [1.165, 1.54) is 42.2 Å². The summed E-state index contributed by atoms with van der Waals surface area (Å²) >= 11 is 1.48. The second kappa shape index (κ2) is 15.0. The van der Waals surface area contributed by atoms with Gasteiger partial charge in [-0.25, -0.2) is 9.78 Å². The van der Waals surface area contributed by atoms with E-state index in [-0.39, 0.29) is 12.0 Å². The zero-order valence-corrected chi connectivity index (χ0v) is 22.2. The molecule has 0 fully saturated rings. The number of rotatable bonds is 9. The highest BCUT2D eigenvalue weighted by molar-refractivity contribution is 7.15. The molecule has 7 nitrogen and oxygen atoms in total. The molecule has 1 aliphatic carbocycles. The number of urea groups is 1. The first kappa shape index (κ1) is 28.1. The number of nitrogens with one attached hydrogen (secondary N) is 2. The van der Waals surface area contributed by atoms with E-state index in [0.717, 1.165) is 34.9 Å². The van der Waals surface area contributed by atoms with Crippen molar-refractivity contribution in [2.75, 3.05) is 18.5 Å². The summed E-state index contributed by atoms with van der Waals surface area (Å²) < 4.78 is 10.3. The number of ether oxygens (including phenoxy) is 2. The van der Waals surface area contributed by atoms with Crippen molar-refractivity contribution in [2.45, 2.75) is 66.7 Å². The number of esters is 1. The number of hydrogen-bond acceptors (Lipinski definition) is 6. The molecular formula is C27H37N3O4S. The first-order valence-corrected chi connectivity index (χ1v) is 12.9. The summed E-state index contributed by atoms with van der Waals surface area (Å²) in [6.45, 7) is 10.2. The lowest BCUT2D eigenvalue weighted by Gasteiger charge is -2.08. The average Bonchev–Trinajstić information content (AvgIpc) is 3.40. The summed E-state index contributed by atoms with van der Waals surface area (Å²) in [5, 5.41) is 6.28. The molecule has 0 bridgehead atoms. The van der Waals surface area contributed by atoms with Gasteiger partial charge in [0, 0.05) is 23.9 Å². The standard InChI is InChI=1S/C23H29N3O2S.C4H8O2/c1-4-7-19(8-5-2)24-22(27)26-23-25-21(16(3)29-23)13-14-28-20-12-11-17-9-6-10-18(17)15-20;1-3-6-4(2)5/h4,7-8,11-12,15H,5-6,9-10,13-14H2,1-3H3,(H2,24,25,26,27);3H2,1-2H3/b7-4-,19-8+;. The van der Waals surface area contributed by atoms with Crippen LogP contribution in [0.3, 0.4) is 0 Å². The molecule has 0 radical (unpaired) electrons. The molecule has 1 aliphatic rings. The minimum absolute atomic E-state index is 0.211. The number of hydrogen-bond donors (Lipinski definition) is 2. The summed E-state index contributed by atoms with van der Waals surface area (Å²) in [5.41, 5.74) is 4.61. The SMILES string of the molecule is C/C=C\C(=C/CC)NC(=O)Nc1nc(CCOc2ccc3c(c2)CCC3)c(C)s1.CCOC(C)=O. The minimum atomic E-state index is -0.280. The van der Waals surface area contributed by atoms with Crippen LogP contribution in [0.25, 0.3) is 0 Å². The van der Waals surface area contributed by atoms with Gasteiger partial charge in [-0.05, 0) is 75.8 Å². The van der Waals surface area contributed by atoms with Gasteiger partial charge in [0.15, 0.2) is 5.13 Å². The molecule has 3 rings (SSSR count). The quantitative estimate of drug-likeness (QED) is 0.320. The predicted octanol–water partition coefficient (Wildman–Crippen LogP) is 6.12. The third kappa shape index (κ3) is 9.94. The van der Waals surface area contributed by atoms with Gasteiger partial charge in [0.2, 0.25) is 0 Å². The van der Waals surface area contributed by atoms with E-state index in [9.17, 15) is 9.59 Å². The van der Waals surface area contributed by atoms with Gasteiger partial charge < -0.3 is 14.8 Å². The highest BCUT2D eigenvalue weighted by atomic mass is 32.1. The Morgan fingerprint density at radius 3 is 2.63 bits per heavy atom. The van der Waals surface area contributed by atoms with E-state index >= 15 is 0 Å². The molecule has 2 amide bonds. The number of fused-ring (bicyclic) bond motifs is 1. The van der Waals surface area contributed by atoms with Gasteiger partial charge in [-0.15, -0.1) is 11.3 Å². The molecule has 190 valence electrons. The van der Waals surface area contributed by atoms with E-state index in [1.807, 2.05) is 39.0 Å². The van der Waals surface area contributed by atoms with Crippen LogP contribution in [0.15, 0.2) is 42.1 Å². The van der Waals surface area contributed by atoms with Crippen LogP contribution in [-0.2, 0) is 28.8 Å².